The highest BCUT2D eigenvalue weighted by Gasteiger charge is 2.18. The van der Waals surface area contributed by atoms with Crippen molar-refractivity contribution in [1.29, 1.82) is 0 Å². The highest BCUT2D eigenvalue weighted by Crippen LogP contribution is 2.32. The molecule has 0 fully saturated rings. The number of thioether (sulfide) groups is 1. The van der Waals surface area contributed by atoms with Crippen molar-refractivity contribution in [3.8, 4) is 5.75 Å². The highest BCUT2D eigenvalue weighted by atomic mass is 32.2. The standard InChI is InChI=1S/C16H13NO3S/c1-10-3-2-4-12(7-10)20-16(19)11-5-6-14-13(8-11)17-15(18)9-21-14/h2-8H,9H2,1H3,(H,17,18). The van der Waals surface area contributed by atoms with Gasteiger partial charge in [-0.05, 0) is 42.8 Å². The van der Waals surface area contributed by atoms with Gasteiger partial charge < -0.3 is 10.1 Å². The lowest BCUT2D eigenvalue weighted by molar-refractivity contribution is -0.113. The monoisotopic (exact) mass is 299 g/mol. The van der Waals surface area contributed by atoms with Crippen molar-refractivity contribution < 1.29 is 14.3 Å². The van der Waals surface area contributed by atoms with Crippen molar-refractivity contribution in [3.05, 3.63) is 53.6 Å². The molecule has 1 aliphatic rings. The van der Waals surface area contributed by atoms with Crippen LogP contribution in [0.3, 0.4) is 0 Å². The van der Waals surface area contributed by atoms with Crippen molar-refractivity contribution >= 4 is 29.3 Å². The van der Waals surface area contributed by atoms with Gasteiger partial charge in [0.05, 0.1) is 17.0 Å². The summed E-state index contributed by atoms with van der Waals surface area (Å²) in [6.45, 7) is 1.93. The Kier molecular flexibility index (Phi) is 3.66. The van der Waals surface area contributed by atoms with Gasteiger partial charge >= 0.3 is 5.97 Å². The number of fused-ring (bicyclic) bond motifs is 1. The van der Waals surface area contributed by atoms with Gasteiger partial charge in [0.2, 0.25) is 5.91 Å². The van der Waals surface area contributed by atoms with Gasteiger partial charge in [-0.2, -0.15) is 0 Å². The van der Waals surface area contributed by atoms with Crippen LogP contribution >= 0.6 is 11.8 Å². The summed E-state index contributed by atoms with van der Waals surface area (Å²) in [5.74, 6) is 0.418. The summed E-state index contributed by atoms with van der Waals surface area (Å²) in [4.78, 5) is 24.5. The normalized spacial score (nSPS) is 13.3. The van der Waals surface area contributed by atoms with Crippen LogP contribution in [-0.2, 0) is 4.79 Å². The third kappa shape index (κ3) is 3.08. The van der Waals surface area contributed by atoms with E-state index in [0.717, 1.165) is 10.5 Å². The maximum atomic E-state index is 12.2. The van der Waals surface area contributed by atoms with E-state index in [0.29, 0.717) is 22.8 Å². The van der Waals surface area contributed by atoms with Gasteiger partial charge in [-0.3, -0.25) is 4.79 Å². The van der Waals surface area contributed by atoms with Crippen LogP contribution in [0.1, 0.15) is 15.9 Å². The van der Waals surface area contributed by atoms with Crippen LogP contribution in [0.4, 0.5) is 5.69 Å². The number of benzene rings is 2. The second kappa shape index (κ2) is 5.61. The lowest BCUT2D eigenvalue weighted by Gasteiger charge is -2.16. The fourth-order valence-electron chi connectivity index (χ4n) is 2.05. The first kappa shape index (κ1) is 13.7. The van der Waals surface area contributed by atoms with Crippen LogP contribution in [0.2, 0.25) is 0 Å². The van der Waals surface area contributed by atoms with Crippen LogP contribution in [0, 0.1) is 6.92 Å². The van der Waals surface area contributed by atoms with Gasteiger partial charge in [-0.25, -0.2) is 4.79 Å². The molecule has 1 N–H and O–H groups in total. The Balaban J connectivity index is 1.82. The average molecular weight is 299 g/mol. The summed E-state index contributed by atoms with van der Waals surface area (Å²) in [5.41, 5.74) is 2.10. The number of amides is 1. The molecule has 4 nitrogen and oxygen atoms in total. The second-order valence-corrected chi connectivity index (χ2v) is 5.77. The second-order valence-electron chi connectivity index (χ2n) is 4.75. The first-order valence-electron chi connectivity index (χ1n) is 6.47. The predicted molar refractivity (Wildman–Crippen MR) is 81.9 cm³/mol. The van der Waals surface area contributed by atoms with E-state index in [9.17, 15) is 9.59 Å². The number of nitrogens with one attached hydrogen (secondary N) is 1. The first-order valence-corrected chi connectivity index (χ1v) is 7.46. The molecule has 3 rings (SSSR count). The van der Waals surface area contributed by atoms with Crippen LogP contribution in [0.25, 0.3) is 0 Å². The quantitative estimate of drug-likeness (QED) is 0.683. The molecule has 1 amide bonds. The minimum atomic E-state index is -0.437. The summed E-state index contributed by atoms with van der Waals surface area (Å²) in [6, 6.07) is 12.5. The van der Waals surface area contributed by atoms with E-state index in [2.05, 4.69) is 5.32 Å². The minimum Gasteiger partial charge on any atom is -0.423 e. The molecule has 21 heavy (non-hydrogen) atoms. The number of hydrogen-bond donors (Lipinski definition) is 1. The Morgan fingerprint density at radius 2 is 2.10 bits per heavy atom. The summed E-state index contributed by atoms with van der Waals surface area (Å²) < 4.78 is 5.34. The Labute approximate surface area is 126 Å². The van der Waals surface area contributed by atoms with Gasteiger partial charge in [0.15, 0.2) is 0 Å². The molecule has 0 bridgehead atoms. The van der Waals surface area contributed by atoms with Crippen molar-refractivity contribution in [3.63, 3.8) is 0 Å². The molecule has 0 spiro atoms. The van der Waals surface area contributed by atoms with Gasteiger partial charge in [-0.1, -0.05) is 12.1 Å². The topological polar surface area (TPSA) is 55.4 Å². The molecule has 2 aromatic rings. The van der Waals surface area contributed by atoms with Crippen LogP contribution in [0.5, 0.6) is 5.75 Å². The smallest absolute Gasteiger partial charge is 0.343 e. The molecule has 0 unspecified atom stereocenters. The van der Waals surface area contributed by atoms with Gasteiger partial charge in [0.1, 0.15) is 5.75 Å². The number of ether oxygens (including phenoxy) is 1. The van der Waals surface area contributed by atoms with Crippen molar-refractivity contribution in [2.45, 2.75) is 11.8 Å². The SMILES string of the molecule is Cc1cccc(OC(=O)c2ccc3c(c2)NC(=O)CS3)c1. The van der Waals surface area contributed by atoms with E-state index >= 15 is 0 Å². The first-order chi connectivity index (χ1) is 10.1. The molecular weight excluding hydrogens is 286 g/mol. The number of hydrogen-bond acceptors (Lipinski definition) is 4. The summed E-state index contributed by atoms with van der Waals surface area (Å²) in [7, 11) is 0. The zero-order chi connectivity index (χ0) is 14.8. The number of carbonyl (C=O) groups is 2. The van der Waals surface area contributed by atoms with Crippen LogP contribution in [0.15, 0.2) is 47.4 Å². The molecule has 1 aliphatic heterocycles. The average Bonchev–Trinajstić information content (AvgIpc) is 2.46. The molecule has 0 aliphatic carbocycles. The number of anilines is 1. The van der Waals surface area contributed by atoms with Crippen molar-refractivity contribution in [2.24, 2.45) is 0 Å². The lowest BCUT2D eigenvalue weighted by atomic mass is 10.2. The maximum absolute atomic E-state index is 12.2. The third-order valence-electron chi connectivity index (χ3n) is 3.05. The predicted octanol–water partition coefficient (Wildman–Crippen LogP) is 3.26. The van der Waals surface area contributed by atoms with Gasteiger partial charge in [0.25, 0.3) is 0 Å². The maximum Gasteiger partial charge on any atom is 0.343 e. The van der Waals surface area contributed by atoms with E-state index in [1.54, 1.807) is 24.3 Å². The van der Waals surface area contributed by atoms with Gasteiger partial charge in [0, 0.05) is 4.90 Å². The van der Waals surface area contributed by atoms with Crippen LogP contribution < -0.4 is 10.1 Å². The number of esters is 1. The fraction of sp³-hybridized carbons (Fsp3) is 0.125. The highest BCUT2D eigenvalue weighted by molar-refractivity contribution is 8.00. The lowest BCUT2D eigenvalue weighted by Crippen LogP contribution is -2.19. The zero-order valence-electron chi connectivity index (χ0n) is 11.4. The van der Waals surface area contributed by atoms with Crippen LogP contribution in [-0.4, -0.2) is 17.6 Å². The molecule has 0 aromatic heterocycles. The summed E-state index contributed by atoms with van der Waals surface area (Å²) in [5, 5.41) is 2.76. The van der Waals surface area contributed by atoms with E-state index in [1.807, 2.05) is 25.1 Å². The minimum absolute atomic E-state index is 0.0586. The summed E-state index contributed by atoms with van der Waals surface area (Å²) >= 11 is 1.46. The van der Waals surface area contributed by atoms with E-state index in [1.165, 1.54) is 11.8 Å². The largest absolute Gasteiger partial charge is 0.423 e. The molecule has 0 radical (unpaired) electrons. The molecule has 0 saturated heterocycles. The van der Waals surface area contributed by atoms with E-state index in [4.69, 9.17) is 4.74 Å². The van der Waals surface area contributed by atoms with Gasteiger partial charge in [-0.15, -0.1) is 11.8 Å². The fourth-order valence-corrected chi connectivity index (χ4v) is 2.84. The molecule has 1 heterocycles. The molecule has 0 atom stereocenters. The van der Waals surface area contributed by atoms with Crippen molar-refractivity contribution in [1.82, 2.24) is 0 Å². The Morgan fingerprint density at radius 3 is 2.90 bits per heavy atom. The van der Waals surface area contributed by atoms with E-state index in [-0.39, 0.29) is 5.91 Å². The number of aryl methyl sites for hydroxylation is 1. The molecule has 0 saturated carbocycles. The molecule has 106 valence electrons. The third-order valence-corrected chi connectivity index (χ3v) is 4.12. The Hall–Kier alpha value is -2.27. The Morgan fingerprint density at radius 1 is 1.24 bits per heavy atom. The zero-order valence-corrected chi connectivity index (χ0v) is 12.2. The summed E-state index contributed by atoms with van der Waals surface area (Å²) in [6.07, 6.45) is 0. The molecule has 5 heteroatoms. The number of carbonyl (C=O) groups excluding carboxylic acids is 2. The molecular formula is C16H13NO3S. The van der Waals surface area contributed by atoms with Crippen molar-refractivity contribution in [2.75, 3.05) is 11.1 Å². The number of rotatable bonds is 2. The van der Waals surface area contributed by atoms with E-state index < -0.39 is 5.97 Å². The molecule has 2 aromatic carbocycles. The Bertz CT molecular complexity index is 727.